The fourth-order valence-electron chi connectivity index (χ4n) is 2.20. The first-order valence-electron chi connectivity index (χ1n) is 5.76. The molecule has 0 aliphatic heterocycles. The van der Waals surface area contributed by atoms with Crippen LogP contribution in [0.3, 0.4) is 0 Å². The molecule has 2 aromatic heterocycles. The quantitative estimate of drug-likeness (QED) is 0.892. The summed E-state index contributed by atoms with van der Waals surface area (Å²) < 4.78 is 0.948. The molecule has 2 heterocycles. The molecule has 18 heavy (non-hydrogen) atoms. The van der Waals surface area contributed by atoms with Gasteiger partial charge in [-0.2, -0.15) is 0 Å². The van der Waals surface area contributed by atoms with E-state index in [4.69, 9.17) is 0 Å². The number of nitrogens with zero attached hydrogens (tertiary/aromatic N) is 1. The molecule has 0 unspecified atom stereocenters. The van der Waals surface area contributed by atoms with E-state index in [9.17, 15) is 4.79 Å². The van der Waals surface area contributed by atoms with Crippen molar-refractivity contribution in [2.75, 3.05) is 5.32 Å². The maximum absolute atomic E-state index is 12.3. The molecule has 6 heteroatoms. The van der Waals surface area contributed by atoms with Gasteiger partial charge in [0, 0.05) is 16.5 Å². The topological polar surface area (TPSA) is 42.0 Å². The van der Waals surface area contributed by atoms with Crippen LogP contribution in [0.15, 0.2) is 15.4 Å². The lowest BCUT2D eigenvalue weighted by Crippen LogP contribution is -2.14. The molecule has 3 rings (SSSR count). The fraction of sp³-hybridized carbons (Fsp3) is 0.333. The highest BCUT2D eigenvalue weighted by Crippen LogP contribution is 2.38. The SMILES string of the molecule is O=C(Nc1nccs1)c1c(Br)sc2c1CCCC2. The molecule has 0 saturated heterocycles. The van der Waals surface area contributed by atoms with Crippen LogP contribution < -0.4 is 5.32 Å². The minimum atomic E-state index is -0.0452. The number of aryl methyl sites for hydroxylation is 1. The summed E-state index contributed by atoms with van der Waals surface area (Å²) in [4.78, 5) is 17.7. The Bertz CT molecular complexity index is 577. The van der Waals surface area contributed by atoms with E-state index in [0.29, 0.717) is 5.13 Å². The number of nitrogens with one attached hydrogen (secondary N) is 1. The zero-order valence-electron chi connectivity index (χ0n) is 9.53. The third-order valence-electron chi connectivity index (χ3n) is 3.01. The van der Waals surface area contributed by atoms with E-state index in [1.165, 1.54) is 34.6 Å². The lowest BCUT2D eigenvalue weighted by Gasteiger charge is -2.12. The number of amides is 1. The van der Waals surface area contributed by atoms with Crippen LogP contribution in [0, 0.1) is 0 Å². The van der Waals surface area contributed by atoms with Gasteiger partial charge in [0.1, 0.15) is 0 Å². The number of fused-ring (bicyclic) bond motifs is 1. The average molecular weight is 343 g/mol. The minimum absolute atomic E-state index is 0.0452. The molecule has 0 atom stereocenters. The van der Waals surface area contributed by atoms with Gasteiger partial charge in [-0.05, 0) is 47.2 Å². The van der Waals surface area contributed by atoms with Crippen molar-refractivity contribution in [3.63, 3.8) is 0 Å². The molecule has 1 aliphatic rings. The molecule has 0 aromatic carbocycles. The molecule has 0 saturated carbocycles. The molecule has 1 amide bonds. The lowest BCUT2D eigenvalue weighted by molar-refractivity contribution is 0.102. The number of thiazole rings is 1. The first-order valence-corrected chi connectivity index (χ1v) is 8.25. The van der Waals surface area contributed by atoms with E-state index in [0.717, 1.165) is 22.2 Å². The highest BCUT2D eigenvalue weighted by molar-refractivity contribution is 9.11. The van der Waals surface area contributed by atoms with Gasteiger partial charge in [-0.25, -0.2) is 4.98 Å². The van der Waals surface area contributed by atoms with Crippen LogP contribution in [0.1, 0.15) is 33.6 Å². The normalized spacial score (nSPS) is 14.3. The lowest BCUT2D eigenvalue weighted by atomic mass is 9.96. The molecule has 2 aromatic rings. The van der Waals surface area contributed by atoms with Crippen molar-refractivity contribution < 1.29 is 4.79 Å². The predicted octanol–water partition coefficient (Wildman–Crippen LogP) is 4.10. The van der Waals surface area contributed by atoms with Crippen LogP contribution in [0.5, 0.6) is 0 Å². The molecular formula is C12H11BrN2OS2. The van der Waals surface area contributed by atoms with Crippen LogP contribution in [-0.2, 0) is 12.8 Å². The molecule has 0 radical (unpaired) electrons. The smallest absolute Gasteiger partial charge is 0.259 e. The monoisotopic (exact) mass is 342 g/mol. The molecule has 0 bridgehead atoms. The van der Waals surface area contributed by atoms with Crippen molar-refractivity contribution in [2.24, 2.45) is 0 Å². The summed E-state index contributed by atoms with van der Waals surface area (Å²) in [6.45, 7) is 0. The van der Waals surface area contributed by atoms with Gasteiger partial charge in [0.05, 0.1) is 9.35 Å². The van der Waals surface area contributed by atoms with E-state index < -0.39 is 0 Å². The van der Waals surface area contributed by atoms with Gasteiger partial charge in [-0.3, -0.25) is 10.1 Å². The molecule has 1 N–H and O–H groups in total. The Kier molecular flexibility index (Phi) is 3.50. The molecule has 0 spiro atoms. The third kappa shape index (κ3) is 2.24. The summed E-state index contributed by atoms with van der Waals surface area (Å²) >= 11 is 6.66. The van der Waals surface area contributed by atoms with Crippen LogP contribution in [-0.4, -0.2) is 10.9 Å². The second-order valence-electron chi connectivity index (χ2n) is 4.15. The van der Waals surface area contributed by atoms with Crippen molar-refractivity contribution in [3.05, 3.63) is 31.4 Å². The first kappa shape index (κ1) is 12.3. The van der Waals surface area contributed by atoms with Crippen molar-refractivity contribution in [1.29, 1.82) is 0 Å². The van der Waals surface area contributed by atoms with Gasteiger partial charge in [0.2, 0.25) is 0 Å². The molecule has 3 nitrogen and oxygen atoms in total. The number of halogens is 1. The first-order chi connectivity index (χ1) is 8.75. The van der Waals surface area contributed by atoms with E-state index in [1.807, 2.05) is 5.38 Å². The van der Waals surface area contributed by atoms with Gasteiger partial charge < -0.3 is 0 Å². The molecule has 94 valence electrons. The van der Waals surface area contributed by atoms with Crippen LogP contribution >= 0.6 is 38.6 Å². The van der Waals surface area contributed by atoms with Gasteiger partial charge >= 0.3 is 0 Å². The zero-order valence-corrected chi connectivity index (χ0v) is 12.8. The highest BCUT2D eigenvalue weighted by atomic mass is 79.9. The number of thiophene rings is 1. The van der Waals surface area contributed by atoms with Gasteiger partial charge in [-0.1, -0.05) is 0 Å². The van der Waals surface area contributed by atoms with E-state index >= 15 is 0 Å². The fourth-order valence-corrected chi connectivity index (χ4v) is 4.84. The van der Waals surface area contributed by atoms with Crippen molar-refractivity contribution >= 4 is 49.6 Å². The summed E-state index contributed by atoms with van der Waals surface area (Å²) in [7, 11) is 0. The summed E-state index contributed by atoms with van der Waals surface area (Å²) in [6.07, 6.45) is 6.21. The summed E-state index contributed by atoms with van der Waals surface area (Å²) in [6, 6.07) is 0. The van der Waals surface area contributed by atoms with Crippen LogP contribution in [0.25, 0.3) is 0 Å². The zero-order chi connectivity index (χ0) is 12.5. The Hall–Kier alpha value is -0.720. The molecule has 1 aliphatic carbocycles. The van der Waals surface area contributed by atoms with Gasteiger partial charge in [0.15, 0.2) is 5.13 Å². The van der Waals surface area contributed by atoms with Crippen molar-refractivity contribution in [2.45, 2.75) is 25.7 Å². The Morgan fingerprint density at radius 1 is 1.39 bits per heavy atom. The van der Waals surface area contributed by atoms with Crippen LogP contribution in [0.4, 0.5) is 5.13 Å². The summed E-state index contributed by atoms with van der Waals surface area (Å²) in [5.74, 6) is -0.0452. The largest absolute Gasteiger partial charge is 0.298 e. The van der Waals surface area contributed by atoms with Gasteiger partial charge in [0.25, 0.3) is 5.91 Å². The summed E-state index contributed by atoms with van der Waals surface area (Å²) in [5.41, 5.74) is 2.04. The number of carbonyl (C=O) groups is 1. The second kappa shape index (κ2) is 5.11. The highest BCUT2D eigenvalue weighted by Gasteiger charge is 2.24. The van der Waals surface area contributed by atoms with E-state index in [-0.39, 0.29) is 5.91 Å². The summed E-state index contributed by atoms with van der Waals surface area (Å²) in [5, 5.41) is 5.37. The number of hydrogen-bond acceptors (Lipinski definition) is 4. The Balaban J connectivity index is 1.91. The third-order valence-corrected chi connectivity index (χ3v) is 5.66. The van der Waals surface area contributed by atoms with E-state index in [1.54, 1.807) is 17.5 Å². The number of carbonyl (C=O) groups excluding carboxylic acids is 1. The number of aromatic nitrogens is 1. The van der Waals surface area contributed by atoms with Crippen molar-refractivity contribution in [3.8, 4) is 0 Å². The van der Waals surface area contributed by atoms with Crippen molar-refractivity contribution in [1.82, 2.24) is 4.98 Å². The molecule has 0 fully saturated rings. The maximum atomic E-state index is 12.3. The second-order valence-corrected chi connectivity index (χ2v) is 7.47. The number of anilines is 1. The Morgan fingerprint density at radius 2 is 2.22 bits per heavy atom. The predicted molar refractivity (Wildman–Crippen MR) is 78.7 cm³/mol. The molecular weight excluding hydrogens is 332 g/mol. The van der Waals surface area contributed by atoms with Gasteiger partial charge in [-0.15, -0.1) is 22.7 Å². The number of rotatable bonds is 2. The number of hydrogen-bond donors (Lipinski definition) is 1. The maximum Gasteiger partial charge on any atom is 0.259 e. The average Bonchev–Trinajstić information content (AvgIpc) is 2.94. The van der Waals surface area contributed by atoms with E-state index in [2.05, 4.69) is 26.2 Å². The van der Waals surface area contributed by atoms with Crippen LogP contribution in [0.2, 0.25) is 0 Å². The Labute approximate surface area is 121 Å². The standard InChI is InChI=1S/C12H11BrN2OS2/c13-10-9(7-3-1-2-4-8(7)18-10)11(16)15-12-14-5-6-17-12/h5-6H,1-4H2,(H,14,15,16). The minimum Gasteiger partial charge on any atom is -0.298 e. The Morgan fingerprint density at radius 3 is 3.00 bits per heavy atom.